The molecular weight excluding hydrogens is 619 g/mol. The quantitative estimate of drug-likeness (QED) is 0.149. The van der Waals surface area contributed by atoms with Gasteiger partial charge in [-0.05, 0) is 92.3 Å². The summed E-state index contributed by atoms with van der Waals surface area (Å²) in [6.45, 7) is 10.1. The van der Waals surface area contributed by atoms with Crippen LogP contribution < -0.4 is 0 Å². The molecule has 0 N–H and O–H groups in total. The summed E-state index contributed by atoms with van der Waals surface area (Å²) in [6, 6.07) is 44.0. The highest BCUT2D eigenvalue weighted by molar-refractivity contribution is 6.09. The van der Waals surface area contributed by atoms with E-state index in [0.29, 0.717) is 5.92 Å². The Morgan fingerprint density at radius 2 is 1.29 bits per heavy atom. The van der Waals surface area contributed by atoms with Crippen LogP contribution in [0.3, 0.4) is 0 Å². The number of para-hydroxylation sites is 1. The predicted octanol–water partition coefficient (Wildman–Crippen LogP) is 11.1. The number of allylic oxidation sites excluding steroid dienone is 6. The number of imidazole rings is 1. The maximum Gasteiger partial charge on any atom is 0.147 e. The van der Waals surface area contributed by atoms with Gasteiger partial charge in [-0.1, -0.05) is 129 Å². The van der Waals surface area contributed by atoms with Crippen molar-refractivity contribution in [3.8, 4) is 28.2 Å². The molecule has 2 aliphatic heterocycles. The van der Waals surface area contributed by atoms with Crippen molar-refractivity contribution >= 4 is 33.2 Å². The number of hydrogen-bond acceptors (Lipinski definition) is 1. The Morgan fingerprint density at radius 1 is 0.627 bits per heavy atom. The van der Waals surface area contributed by atoms with Crippen molar-refractivity contribution in [1.82, 2.24) is 14.1 Å². The van der Waals surface area contributed by atoms with Gasteiger partial charge >= 0.3 is 0 Å². The molecule has 5 atom stereocenters. The third-order valence-electron chi connectivity index (χ3n) is 14.0. The Labute approximate surface area is 296 Å². The summed E-state index contributed by atoms with van der Waals surface area (Å²) < 4.78 is 5.22. The number of nitrogens with zero attached hydrogens (tertiary/aromatic N) is 3. The van der Waals surface area contributed by atoms with E-state index >= 15 is 0 Å². The van der Waals surface area contributed by atoms with Gasteiger partial charge in [0.2, 0.25) is 0 Å². The molecule has 3 heteroatoms. The molecule has 4 bridgehead atoms. The molecule has 0 fully saturated rings. The minimum Gasteiger partial charge on any atom is -0.296 e. The van der Waals surface area contributed by atoms with Gasteiger partial charge in [0.25, 0.3) is 0 Å². The minimum absolute atomic E-state index is 0.184. The summed E-state index contributed by atoms with van der Waals surface area (Å²) in [5.74, 6) is 1.83. The third-order valence-corrected chi connectivity index (χ3v) is 14.0. The minimum atomic E-state index is -0.452. The molecule has 242 valence electrons. The molecule has 0 radical (unpaired) electrons. The van der Waals surface area contributed by atoms with Crippen molar-refractivity contribution in [2.24, 2.45) is 17.8 Å². The molecule has 6 aliphatic rings. The molecule has 13 rings (SSSR count). The van der Waals surface area contributed by atoms with Crippen molar-refractivity contribution in [2.75, 3.05) is 0 Å². The fourth-order valence-corrected chi connectivity index (χ4v) is 12.5. The van der Waals surface area contributed by atoms with Crippen LogP contribution in [-0.2, 0) is 11.0 Å². The fourth-order valence-electron chi connectivity index (χ4n) is 12.5. The molecule has 0 saturated heterocycles. The van der Waals surface area contributed by atoms with Crippen molar-refractivity contribution in [2.45, 2.75) is 38.6 Å². The third kappa shape index (κ3) is 2.64. The lowest BCUT2D eigenvalue weighted by molar-refractivity contribution is 0.419. The molecule has 1 spiro atoms. The highest BCUT2D eigenvalue weighted by Crippen LogP contribution is 2.70. The molecule has 5 aromatic carbocycles. The summed E-state index contributed by atoms with van der Waals surface area (Å²) in [5.41, 5.74) is 22.5. The van der Waals surface area contributed by atoms with Gasteiger partial charge in [0, 0.05) is 28.5 Å². The molecule has 4 aliphatic carbocycles. The number of rotatable bonds is 0. The van der Waals surface area contributed by atoms with Crippen LogP contribution in [0.25, 0.3) is 61.4 Å². The Hall–Kier alpha value is -5.67. The number of fused-ring (bicyclic) bond motifs is 12. The van der Waals surface area contributed by atoms with Crippen LogP contribution in [0.1, 0.15) is 55.5 Å². The van der Waals surface area contributed by atoms with Gasteiger partial charge in [-0.15, -0.1) is 0 Å². The molecular formula is C48H35N3. The molecule has 0 saturated carbocycles. The second kappa shape index (κ2) is 8.44. The summed E-state index contributed by atoms with van der Waals surface area (Å²) in [5, 5.41) is 1.20. The summed E-state index contributed by atoms with van der Waals surface area (Å²) in [7, 11) is 0. The molecule has 5 unspecified atom stereocenters. The number of aromatic nitrogens is 3. The first-order valence-corrected chi connectivity index (χ1v) is 18.6. The van der Waals surface area contributed by atoms with Gasteiger partial charge < -0.3 is 0 Å². The fraction of sp³-hybridized carbons (Fsp3) is 0.188. The smallest absolute Gasteiger partial charge is 0.147 e. The zero-order valence-electron chi connectivity index (χ0n) is 29.1. The van der Waals surface area contributed by atoms with Crippen molar-refractivity contribution in [3.63, 3.8) is 0 Å². The first-order chi connectivity index (χ1) is 25.0. The monoisotopic (exact) mass is 653 g/mol. The second-order valence-electron chi connectivity index (χ2n) is 16.0. The van der Waals surface area contributed by atoms with E-state index in [-0.39, 0.29) is 17.3 Å². The van der Waals surface area contributed by atoms with Gasteiger partial charge in [0.05, 0.1) is 16.5 Å². The summed E-state index contributed by atoms with van der Waals surface area (Å²) in [6.07, 6.45) is 2.62. The van der Waals surface area contributed by atoms with Crippen LogP contribution >= 0.6 is 0 Å². The highest BCUT2D eigenvalue weighted by atomic mass is 15.2. The summed E-state index contributed by atoms with van der Waals surface area (Å²) in [4.78, 5) is 5.67. The standard InChI is InChI=1S/C48H35N3/c1-25-23-37-30-14-5-6-15-32(30)45-49-44-34-17-9-12-20-39(34)50-28-21-22-31-29-13-7-10-18-35(29)48(38(31)24-28)36-19-11-8-16-33(36)41-26(2)40(25)42(27(3)43(41)48)47(37,4)51(45)46(44)50/h5-27H,1-4H3. The largest absolute Gasteiger partial charge is 0.296 e. The molecule has 51 heavy (non-hydrogen) atoms. The maximum absolute atomic E-state index is 5.67. The van der Waals surface area contributed by atoms with E-state index in [1.165, 1.54) is 72.3 Å². The first-order valence-electron chi connectivity index (χ1n) is 18.6. The van der Waals surface area contributed by atoms with E-state index in [9.17, 15) is 0 Å². The van der Waals surface area contributed by atoms with Gasteiger partial charge in [0.15, 0.2) is 0 Å². The SMILES string of the molecule is CC1C=C2c3ccccc3-c3nc4c5ccccc5n5c4n3C2(C)C2=C1C(C)C1=C(C2C)C2(c3ccccc31)c1ccccc1-c1ccc-5cc12. The number of hydrogen-bond donors (Lipinski definition) is 0. The molecule has 2 aromatic heterocycles. The maximum atomic E-state index is 5.67. The van der Waals surface area contributed by atoms with E-state index in [0.717, 1.165) is 11.3 Å². The van der Waals surface area contributed by atoms with E-state index in [1.807, 2.05) is 0 Å². The topological polar surface area (TPSA) is 22.8 Å². The van der Waals surface area contributed by atoms with E-state index < -0.39 is 5.54 Å². The average Bonchev–Trinajstić information content (AvgIpc) is 3.87. The van der Waals surface area contributed by atoms with E-state index in [1.54, 1.807) is 22.3 Å². The molecule has 3 nitrogen and oxygen atoms in total. The lowest BCUT2D eigenvalue weighted by Crippen LogP contribution is -2.46. The Balaban J connectivity index is 1.32. The molecule has 0 amide bonds. The molecule has 7 aromatic rings. The Morgan fingerprint density at radius 3 is 2.12 bits per heavy atom. The Bertz CT molecular complexity index is 2940. The van der Waals surface area contributed by atoms with Crippen molar-refractivity contribution in [3.05, 3.63) is 166 Å². The zero-order valence-corrected chi connectivity index (χ0v) is 29.1. The lowest BCUT2D eigenvalue weighted by atomic mass is 9.55. The van der Waals surface area contributed by atoms with Crippen molar-refractivity contribution < 1.29 is 0 Å². The van der Waals surface area contributed by atoms with Gasteiger partial charge in [-0.3, -0.25) is 9.13 Å². The highest BCUT2D eigenvalue weighted by Gasteiger charge is 2.61. The van der Waals surface area contributed by atoms with E-state index in [2.05, 4.69) is 158 Å². The predicted molar refractivity (Wildman–Crippen MR) is 207 cm³/mol. The number of benzene rings is 5. The van der Waals surface area contributed by atoms with Gasteiger partial charge in [-0.25, -0.2) is 4.98 Å². The first kappa shape index (κ1) is 27.1. The van der Waals surface area contributed by atoms with Gasteiger partial charge in [0.1, 0.15) is 17.0 Å². The van der Waals surface area contributed by atoms with Crippen LogP contribution in [0.5, 0.6) is 0 Å². The second-order valence-corrected chi connectivity index (χ2v) is 16.0. The van der Waals surface area contributed by atoms with Crippen molar-refractivity contribution in [1.29, 1.82) is 0 Å². The van der Waals surface area contributed by atoms with Gasteiger partial charge in [-0.2, -0.15) is 0 Å². The van der Waals surface area contributed by atoms with E-state index in [4.69, 9.17) is 4.98 Å². The van der Waals surface area contributed by atoms with Crippen LogP contribution in [0, 0.1) is 17.8 Å². The lowest BCUT2D eigenvalue weighted by Gasteiger charge is -2.52. The zero-order chi connectivity index (χ0) is 33.7. The molecule has 4 heterocycles. The van der Waals surface area contributed by atoms with Crippen LogP contribution in [0.2, 0.25) is 0 Å². The van der Waals surface area contributed by atoms with Crippen LogP contribution in [-0.4, -0.2) is 14.1 Å². The average molecular weight is 654 g/mol. The van der Waals surface area contributed by atoms with Crippen LogP contribution in [0.15, 0.2) is 138 Å². The van der Waals surface area contributed by atoms with Crippen LogP contribution in [0.4, 0.5) is 0 Å². The normalized spacial score (nSPS) is 26.7. The summed E-state index contributed by atoms with van der Waals surface area (Å²) >= 11 is 0. The Kier molecular flexibility index (Phi) is 4.48.